The van der Waals surface area contributed by atoms with E-state index in [2.05, 4.69) is 44.5 Å². The number of benzene rings is 1. The van der Waals surface area contributed by atoms with Crippen molar-refractivity contribution in [1.82, 2.24) is 31.9 Å². The fourth-order valence-electron chi connectivity index (χ4n) is 5.70. The highest BCUT2D eigenvalue weighted by molar-refractivity contribution is 7.80. The number of thiol groups is 1. The van der Waals surface area contributed by atoms with Gasteiger partial charge in [-0.15, -0.1) is 0 Å². The van der Waals surface area contributed by atoms with Gasteiger partial charge in [0.2, 0.25) is 35.4 Å². The molecule has 0 spiro atoms. The van der Waals surface area contributed by atoms with E-state index < -0.39 is 71.7 Å². The number of nitrogens with two attached hydrogens (primary N) is 1. The monoisotopic (exact) mass is 717 g/mol. The number of carbonyl (C=O) groups excluding carboxylic acids is 6. The number of hydrogen-bond acceptors (Lipinski definition) is 8. The summed E-state index contributed by atoms with van der Waals surface area (Å²) in [5, 5.41) is 16.8. The van der Waals surface area contributed by atoms with Crippen LogP contribution in [-0.4, -0.2) is 84.0 Å². The Hall–Kier alpha value is -3.65. The number of hydrogen-bond donors (Lipinski definition) is 8. The van der Waals surface area contributed by atoms with Crippen molar-refractivity contribution in [3.63, 3.8) is 0 Å². The Morgan fingerprint density at radius 3 is 1.62 bits per heavy atom. The summed E-state index contributed by atoms with van der Waals surface area (Å²) in [6.45, 7) is 11.6. The Kier molecular flexibility index (Phi) is 18.3. The summed E-state index contributed by atoms with van der Waals surface area (Å²) >= 11 is 4.32. The first-order valence-electron chi connectivity index (χ1n) is 17.9. The lowest BCUT2D eigenvalue weighted by molar-refractivity contribution is -0.137. The molecule has 1 aliphatic heterocycles. The molecule has 0 aromatic heterocycles. The molecule has 2 rings (SSSR count). The van der Waals surface area contributed by atoms with Crippen LogP contribution in [0.1, 0.15) is 85.6 Å². The molecule has 6 amide bonds. The largest absolute Gasteiger partial charge is 0.343 e. The zero-order valence-corrected chi connectivity index (χ0v) is 31.3. The van der Waals surface area contributed by atoms with Crippen LogP contribution in [0.5, 0.6) is 0 Å². The second kappa shape index (κ2) is 21.5. The van der Waals surface area contributed by atoms with Crippen LogP contribution >= 0.6 is 12.6 Å². The number of nitrogens with one attached hydrogen (secondary N) is 6. The van der Waals surface area contributed by atoms with Gasteiger partial charge in [0.05, 0.1) is 0 Å². The van der Waals surface area contributed by atoms with E-state index in [1.165, 1.54) is 0 Å². The van der Waals surface area contributed by atoms with E-state index in [0.29, 0.717) is 32.2 Å². The van der Waals surface area contributed by atoms with Crippen LogP contribution in [0.25, 0.3) is 0 Å². The van der Waals surface area contributed by atoms with E-state index >= 15 is 0 Å². The van der Waals surface area contributed by atoms with Gasteiger partial charge in [0.1, 0.15) is 36.3 Å². The molecular weight excluding hydrogens is 659 g/mol. The second-order valence-corrected chi connectivity index (χ2v) is 14.1. The summed E-state index contributed by atoms with van der Waals surface area (Å²) in [5.74, 6) is -4.26. The van der Waals surface area contributed by atoms with Gasteiger partial charge in [0.15, 0.2) is 0 Å². The van der Waals surface area contributed by atoms with Crippen molar-refractivity contribution in [1.29, 1.82) is 0 Å². The molecule has 1 aromatic rings. The van der Waals surface area contributed by atoms with Gasteiger partial charge in [-0.05, 0) is 55.5 Å². The molecule has 1 heterocycles. The molecule has 1 saturated heterocycles. The van der Waals surface area contributed by atoms with Gasteiger partial charge in [0.25, 0.3) is 0 Å². The van der Waals surface area contributed by atoms with Crippen LogP contribution in [0, 0.1) is 17.8 Å². The van der Waals surface area contributed by atoms with Crippen LogP contribution in [-0.2, 0) is 35.2 Å². The fraction of sp³-hybridized carbons (Fsp3) is 0.667. The van der Waals surface area contributed by atoms with Gasteiger partial charge in [0, 0.05) is 12.2 Å². The van der Waals surface area contributed by atoms with E-state index in [-0.39, 0.29) is 42.8 Å². The molecule has 0 radical (unpaired) electrons. The zero-order valence-electron chi connectivity index (χ0n) is 30.4. The van der Waals surface area contributed by atoms with Crippen molar-refractivity contribution in [3.05, 3.63) is 35.9 Å². The lowest BCUT2D eigenvalue weighted by Crippen LogP contribution is -2.63. The van der Waals surface area contributed by atoms with Gasteiger partial charge in [-0.25, -0.2) is 0 Å². The van der Waals surface area contributed by atoms with Crippen molar-refractivity contribution >= 4 is 48.1 Å². The number of amides is 6. The highest BCUT2D eigenvalue weighted by Crippen LogP contribution is 2.15. The average molecular weight is 718 g/mol. The molecule has 1 fully saturated rings. The smallest absolute Gasteiger partial charge is 0.244 e. The number of unbranched alkanes of at least 4 members (excludes halogenated alkanes) is 1. The normalized spacial score (nSPS) is 25.9. The van der Waals surface area contributed by atoms with Gasteiger partial charge in [-0.1, -0.05) is 84.7 Å². The Bertz CT molecular complexity index is 1280. The molecule has 13 nitrogen and oxygen atoms in total. The number of rotatable bonds is 13. The molecule has 50 heavy (non-hydrogen) atoms. The summed E-state index contributed by atoms with van der Waals surface area (Å²) in [5.41, 5.74) is 6.46. The molecule has 0 saturated carbocycles. The predicted octanol–water partition coefficient (Wildman–Crippen LogP) is 1.35. The summed E-state index contributed by atoms with van der Waals surface area (Å²) in [6.07, 6.45) is 2.81. The Morgan fingerprint density at radius 2 is 1.08 bits per heavy atom. The van der Waals surface area contributed by atoms with Crippen molar-refractivity contribution in [2.45, 2.75) is 123 Å². The first-order valence-corrected chi connectivity index (χ1v) is 18.6. The minimum atomic E-state index is -1.15. The maximum atomic E-state index is 14.0. The first kappa shape index (κ1) is 42.5. The van der Waals surface area contributed by atoms with Gasteiger partial charge in [-0.3, -0.25) is 28.8 Å². The summed E-state index contributed by atoms with van der Waals surface area (Å²) < 4.78 is 0. The van der Waals surface area contributed by atoms with Crippen molar-refractivity contribution in [2.75, 3.05) is 12.3 Å². The van der Waals surface area contributed by atoms with Crippen molar-refractivity contribution in [3.8, 4) is 0 Å². The molecule has 0 bridgehead atoms. The van der Waals surface area contributed by atoms with E-state index in [0.717, 1.165) is 5.56 Å². The summed E-state index contributed by atoms with van der Waals surface area (Å²) in [6, 6.07) is 2.72. The maximum absolute atomic E-state index is 14.0. The van der Waals surface area contributed by atoms with E-state index in [9.17, 15) is 28.8 Å². The fourth-order valence-corrected chi connectivity index (χ4v) is 5.95. The van der Waals surface area contributed by atoms with E-state index in [1.54, 1.807) is 0 Å². The predicted molar refractivity (Wildman–Crippen MR) is 197 cm³/mol. The molecule has 8 unspecified atom stereocenters. The Morgan fingerprint density at radius 1 is 0.620 bits per heavy atom. The third-order valence-corrected chi connectivity index (χ3v) is 9.60. The standard InChI is InChI=1S/C36H59N7O6S/c1-7-22(5)29-35(48)40-27(19-24-14-10-9-11-15-24)32(45)41-28(20-50)34(47)38-25(16-12-13-17-37)31(44)39-26(18-21(3)4)33(46)42-30(23(6)8-2)36(49)43-29/h9-11,14-15,21-23,25-30,50H,7-8,12-13,16-20,37H2,1-6H3,(H,38,47)(H,39,44)(H,40,48)(H,41,45)(H,42,46)(H,43,49). The average Bonchev–Trinajstić information content (AvgIpc) is 3.09. The minimum absolute atomic E-state index is 0.00356. The minimum Gasteiger partial charge on any atom is -0.343 e. The summed E-state index contributed by atoms with van der Waals surface area (Å²) in [7, 11) is 0. The van der Waals surface area contributed by atoms with Gasteiger partial charge >= 0.3 is 0 Å². The number of carbonyl (C=O) groups is 6. The zero-order chi connectivity index (χ0) is 37.4. The molecule has 0 aliphatic carbocycles. The van der Waals surface area contributed by atoms with Crippen LogP contribution in [0.3, 0.4) is 0 Å². The highest BCUT2D eigenvalue weighted by Gasteiger charge is 2.37. The second-order valence-electron chi connectivity index (χ2n) is 13.8. The van der Waals surface area contributed by atoms with Gasteiger partial charge < -0.3 is 37.6 Å². The van der Waals surface area contributed by atoms with Crippen LogP contribution in [0.15, 0.2) is 30.3 Å². The quantitative estimate of drug-likeness (QED) is 0.111. The topological polar surface area (TPSA) is 201 Å². The molecule has 1 aromatic carbocycles. The first-order chi connectivity index (χ1) is 23.8. The van der Waals surface area contributed by atoms with Crippen LogP contribution in [0.2, 0.25) is 0 Å². The van der Waals surface area contributed by atoms with Crippen molar-refractivity contribution < 1.29 is 28.8 Å². The molecule has 280 valence electrons. The molecular formula is C36H59N7O6S. The SMILES string of the molecule is CCC(C)C1NC(=O)C(CC(C)C)NC(=O)C(CCCCN)NC(=O)C(CS)NC(=O)C(Cc2ccccc2)NC(=O)C(C(C)CC)NC1=O. The lowest BCUT2D eigenvalue weighted by Gasteiger charge is -2.32. The highest BCUT2D eigenvalue weighted by atomic mass is 32.1. The van der Waals surface area contributed by atoms with Crippen LogP contribution in [0.4, 0.5) is 0 Å². The van der Waals surface area contributed by atoms with Crippen LogP contribution < -0.4 is 37.6 Å². The van der Waals surface area contributed by atoms with Crippen molar-refractivity contribution in [2.24, 2.45) is 23.5 Å². The summed E-state index contributed by atoms with van der Waals surface area (Å²) in [4.78, 5) is 82.9. The van der Waals surface area contributed by atoms with Gasteiger partial charge in [-0.2, -0.15) is 12.6 Å². The third-order valence-electron chi connectivity index (χ3n) is 9.24. The Labute approximate surface area is 302 Å². The Balaban J connectivity index is 2.65. The molecule has 8 N–H and O–H groups in total. The lowest BCUT2D eigenvalue weighted by atomic mass is 9.93. The maximum Gasteiger partial charge on any atom is 0.244 e. The molecule has 8 atom stereocenters. The van der Waals surface area contributed by atoms with E-state index in [4.69, 9.17) is 5.73 Å². The van der Waals surface area contributed by atoms with E-state index in [1.807, 2.05) is 71.9 Å². The molecule has 14 heteroatoms. The third kappa shape index (κ3) is 13.2. The molecule has 1 aliphatic rings.